The number of halogens is 2. The van der Waals surface area contributed by atoms with Crippen LogP contribution in [0.25, 0.3) is 0 Å². The molecule has 0 saturated carbocycles. The summed E-state index contributed by atoms with van der Waals surface area (Å²) < 4.78 is 7.01. The van der Waals surface area contributed by atoms with Gasteiger partial charge in [0.15, 0.2) is 11.5 Å². The third-order valence-corrected chi connectivity index (χ3v) is 4.50. The van der Waals surface area contributed by atoms with E-state index in [0.29, 0.717) is 12.3 Å². The van der Waals surface area contributed by atoms with E-state index in [1.807, 2.05) is 18.2 Å². The van der Waals surface area contributed by atoms with Crippen molar-refractivity contribution in [3.05, 3.63) is 43.8 Å². The second-order valence-electron chi connectivity index (χ2n) is 3.47. The molecule has 2 N–H and O–H groups in total. The Labute approximate surface area is 125 Å². The molecule has 0 radical (unpaired) electrons. The lowest BCUT2D eigenvalue weighted by atomic mass is 10.3. The summed E-state index contributed by atoms with van der Waals surface area (Å²) in [6.07, 6.45) is 0. The minimum absolute atomic E-state index is 0.0874. The summed E-state index contributed by atoms with van der Waals surface area (Å²) in [6.45, 7) is 0.382. The average molecular weight is 423 g/mol. The zero-order valence-corrected chi connectivity index (χ0v) is 12.7. The van der Waals surface area contributed by atoms with Gasteiger partial charge in [-0.3, -0.25) is 0 Å². The van der Waals surface area contributed by atoms with Crippen molar-refractivity contribution in [2.45, 2.75) is 6.54 Å². The molecule has 0 unspecified atom stereocenters. The van der Waals surface area contributed by atoms with Crippen molar-refractivity contribution in [2.75, 3.05) is 5.32 Å². The van der Waals surface area contributed by atoms with Crippen molar-refractivity contribution in [3.8, 4) is 0 Å². The lowest BCUT2D eigenvalue weighted by molar-refractivity contribution is 0.0685. The summed E-state index contributed by atoms with van der Waals surface area (Å²) in [4.78, 5) is 10.6. The maximum absolute atomic E-state index is 10.6. The molecule has 0 aliphatic rings. The molecule has 0 atom stereocenters. The number of carbonyl (C=O) groups is 1. The van der Waals surface area contributed by atoms with E-state index < -0.39 is 5.97 Å². The van der Waals surface area contributed by atoms with Gasteiger partial charge >= 0.3 is 5.97 Å². The van der Waals surface area contributed by atoms with Gasteiger partial charge in [0.25, 0.3) is 0 Å². The number of aromatic carboxylic acids is 1. The third-order valence-electron chi connectivity index (χ3n) is 2.16. The number of nitrogens with one attached hydrogen (secondary N) is 1. The zero-order valence-electron chi connectivity index (χ0n) is 8.98. The van der Waals surface area contributed by atoms with E-state index in [9.17, 15) is 4.79 Å². The van der Waals surface area contributed by atoms with Crippen LogP contribution in [0.2, 0.25) is 0 Å². The summed E-state index contributed by atoms with van der Waals surface area (Å²) in [5.41, 5.74) is 0.825. The molecule has 0 saturated heterocycles. The topological polar surface area (TPSA) is 75.4 Å². The maximum atomic E-state index is 10.6. The van der Waals surface area contributed by atoms with Crippen LogP contribution in [0.4, 0.5) is 5.69 Å². The molecule has 0 spiro atoms. The van der Waals surface area contributed by atoms with E-state index in [4.69, 9.17) is 9.63 Å². The second-order valence-corrected chi connectivity index (χ2v) is 5.48. The number of carboxylic acids is 1. The maximum Gasteiger partial charge on any atom is 0.358 e. The van der Waals surface area contributed by atoms with Gasteiger partial charge in [-0.05, 0) is 56.7 Å². The van der Waals surface area contributed by atoms with Crippen LogP contribution in [0, 0.1) is 3.57 Å². The Kier molecular flexibility index (Phi) is 4.23. The Balaban J connectivity index is 2.02. The molecule has 1 heterocycles. The van der Waals surface area contributed by atoms with E-state index in [0.717, 1.165) is 13.7 Å². The molecule has 0 fully saturated rings. The molecule has 2 aromatic rings. The van der Waals surface area contributed by atoms with Gasteiger partial charge in [0, 0.05) is 19.8 Å². The number of aromatic nitrogens is 1. The molecule has 0 aliphatic heterocycles. The van der Waals surface area contributed by atoms with Gasteiger partial charge in [0.05, 0.1) is 6.54 Å². The van der Waals surface area contributed by atoms with Crippen molar-refractivity contribution in [2.24, 2.45) is 0 Å². The van der Waals surface area contributed by atoms with Crippen molar-refractivity contribution in [3.63, 3.8) is 0 Å². The van der Waals surface area contributed by atoms with E-state index in [1.165, 1.54) is 6.07 Å². The monoisotopic (exact) mass is 422 g/mol. The fourth-order valence-corrected chi connectivity index (χ4v) is 2.01. The van der Waals surface area contributed by atoms with Gasteiger partial charge in [0.2, 0.25) is 0 Å². The van der Waals surface area contributed by atoms with Crippen molar-refractivity contribution in [1.29, 1.82) is 0 Å². The second kappa shape index (κ2) is 5.70. The van der Waals surface area contributed by atoms with Crippen LogP contribution in [0.3, 0.4) is 0 Å². The predicted molar refractivity (Wildman–Crippen MR) is 77.6 cm³/mol. The highest BCUT2D eigenvalue weighted by Crippen LogP contribution is 2.23. The highest BCUT2D eigenvalue weighted by atomic mass is 127. The Morgan fingerprint density at radius 2 is 2.28 bits per heavy atom. The first-order valence-electron chi connectivity index (χ1n) is 4.94. The van der Waals surface area contributed by atoms with Gasteiger partial charge in [-0.2, -0.15) is 0 Å². The van der Waals surface area contributed by atoms with E-state index in [1.54, 1.807) is 0 Å². The van der Waals surface area contributed by atoms with E-state index >= 15 is 0 Å². The lowest BCUT2D eigenvalue weighted by Gasteiger charge is -2.05. The fourth-order valence-electron chi connectivity index (χ4n) is 1.29. The summed E-state index contributed by atoms with van der Waals surface area (Å²) in [5.74, 6) is -0.621. The number of benzene rings is 1. The smallest absolute Gasteiger partial charge is 0.358 e. The van der Waals surface area contributed by atoms with E-state index in [-0.39, 0.29) is 5.69 Å². The molecular weight excluding hydrogens is 415 g/mol. The van der Waals surface area contributed by atoms with Crippen LogP contribution in [0.15, 0.2) is 33.3 Å². The minimum Gasteiger partial charge on any atom is -0.476 e. The normalized spacial score (nSPS) is 10.3. The number of nitrogens with zero attached hydrogens (tertiary/aromatic N) is 1. The Morgan fingerprint density at radius 1 is 1.50 bits per heavy atom. The van der Waals surface area contributed by atoms with Crippen LogP contribution < -0.4 is 5.32 Å². The lowest BCUT2D eigenvalue weighted by Crippen LogP contribution is -1.98. The predicted octanol–water partition coefficient (Wildman–Crippen LogP) is 3.35. The Bertz CT molecular complexity index is 585. The molecule has 18 heavy (non-hydrogen) atoms. The number of rotatable bonds is 4. The highest BCUT2D eigenvalue weighted by Gasteiger charge is 2.10. The van der Waals surface area contributed by atoms with Gasteiger partial charge in [-0.15, -0.1) is 0 Å². The van der Waals surface area contributed by atoms with Crippen molar-refractivity contribution in [1.82, 2.24) is 5.16 Å². The molecule has 0 amide bonds. The standard InChI is InChI=1S/C11H8BrIN2O3/c12-8-3-6(1-2-9(8)13)14-5-7-4-10(11(16)17)15-18-7/h1-4,14H,5H2,(H,16,17). The Hall–Kier alpha value is -1.09. The first-order chi connectivity index (χ1) is 8.56. The molecule has 7 heteroatoms. The highest BCUT2D eigenvalue weighted by molar-refractivity contribution is 14.1. The summed E-state index contributed by atoms with van der Waals surface area (Å²) in [7, 11) is 0. The number of hydrogen-bond donors (Lipinski definition) is 2. The van der Waals surface area contributed by atoms with E-state index in [2.05, 4.69) is 49.0 Å². The molecule has 2 rings (SSSR count). The number of carboxylic acid groups (broad SMARTS) is 1. The molecule has 0 bridgehead atoms. The minimum atomic E-state index is -1.10. The molecule has 94 valence electrons. The van der Waals surface area contributed by atoms with Crippen LogP contribution in [-0.4, -0.2) is 16.2 Å². The molecule has 1 aromatic heterocycles. The Morgan fingerprint density at radius 3 is 2.89 bits per heavy atom. The summed E-state index contributed by atoms with van der Waals surface area (Å²) >= 11 is 5.66. The van der Waals surface area contributed by atoms with Crippen LogP contribution in [-0.2, 0) is 6.54 Å². The molecule has 0 aliphatic carbocycles. The first-order valence-corrected chi connectivity index (χ1v) is 6.81. The molecule has 5 nitrogen and oxygen atoms in total. The zero-order chi connectivity index (χ0) is 13.1. The average Bonchev–Trinajstić information content (AvgIpc) is 2.79. The van der Waals surface area contributed by atoms with Gasteiger partial charge in [-0.1, -0.05) is 5.16 Å². The first kappa shape index (κ1) is 13.3. The number of anilines is 1. The fraction of sp³-hybridized carbons (Fsp3) is 0.0909. The summed E-state index contributed by atoms with van der Waals surface area (Å²) in [6, 6.07) is 7.24. The SMILES string of the molecule is O=C(O)c1cc(CNc2ccc(I)c(Br)c2)on1. The molecular formula is C11H8BrIN2O3. The summed E-state index contributed by atoms with van der Waals surface area (Å²) in [5, 5.41) is 15.3. The molecule has 1 aromatic carbocycles. The van der Waals surface area contributed by atoms with Crippen LogP contribution in [0.5, 0.6) is 0 Å². The quantitative estimate of drug-likeness (QED) is 0.739. The van der Waals surface area contributed by atoms with Crippen molar-refractivity contribution >= 4 is 50.2 Å². The number of hydrogen-bond acceptors (Lipinski definition) is 4. The van der Waals surface area contributed by atoms with Crippen LogP contribution in [0.1, 0.15) is 16.2 Å². The van der Waals surface area contributed by atoms with Gasteiger partial charge in [-0.25, -0.2) is 4.79 Å². The van der Waals surface area contributed by atoms with Gasteiger partial charge < -0.3 is 14.9 Å². The third kappa shape index (κ3) is 3.22. The largest absolute Gasteiger partial charge is 0.476 e. The van der Waals surface area contributed by atoms with Crippen molar-refractivity contribution < 1.29 is 14.4 Å². The van der Waals surface area contributed by atoms with Crippen LogP contribution >= 0.6 is 38.5 Å². The van der Waals surface area contributed by atoms with Gasteiger partial charge in [0.1, 0.15) is 0 Å².